The minimum absolute atomic E-state index is 0.120. The lowest BCUT2D eigenvalue weighted by Crippen LogP contribution is -2.30. The van der Waals surface area contributed by atoms with Crippen molar-refractivity contribution in [3.8, 4) is 0 Å². The van der Waals surface area contributed by atoms with Gasteiger partial charge in [0, 0.05) is 25.2 Å². The molecule has 1 saturated carbocycles. The molecule has 132 valence electrons. The van der Waals surface area contributed by atoms with E-state index in [1.807, 2.05) is 0 Å². The van der Waals surface area contributed by atoms with Gasteiger partial charge in [-0.2, -0.15) is 4.31 Å². The Morgan fingerprint density at radius 1 is 1.00 bits per heavy atom. The number of hydrogen-bond donors (Lipinski definition) is 1. The van der Waals surface area contributed by atoms with Gasteiger partial charge in [0.2, 0.25) is 10.0 Å². The minimum Gasteiger partial charge on any atom is -0.352 e. The fraction of sp³-hybridized carbons (Fsp3) is 0.611. The summed E-state index contributed by atoms with van der Waals surface area (Å²) in [5.74, 6) is 0.461. The molecular formula is C18H26N2O3S. The van der Waals surface area contributed by atoms with Crippen LogP contribution in [0.4, 0.5) is 0 Å². The van der Waals surface area contributed by atoms with Gasteiger partial charge in [0.1, 0.15) is 0 Å². The molecule has 1 saturated heterocycles. The Balaban J connectivity index is 1.60. The Morgan fingerprint density at radius 2 is 1.62 bits per heavy atom. The van der Waals surface area contributed by atoms with Crippen LogP contribution in [0.15, 0.2) is 29.2 Å². The van der Waals surface area contributed by atoms with Crippen LogP contribution >= 0.6 is 0 Å². The maximum absolute atomic E-state index is 12.5. The second kappa shape index (κ2) is 7.66. The maximum atomic E-state index is 12.5. The Kier molecular flexibility index (Phi) is 5.56. The highest BCUT2D eigenvalue weighted by molar-refractivity contribution is 7.89. The molecule has 0 aromatic heterocycles. The van der Waals surface area contributed by atoms with Gasteiger partial charge < -0.3 is 5.32 Å². The number of amides is 1. The molecule has 1 aromatic carbocycles. The predicted molar refractivity (Wildman–Crippen MR) is 93.3 cm³/mol. The lowest BCUT2D eigenvalue weighted by atomic mass is 9.89. The highest BCUT2D eigenvalue weighted by Gasteiger charge is 2.27. The molecule has 0 atom stereocenters. The third-order valence-electron chi connectivity index (χ3n) is 5.10. The molecule has 0 unspecified atom stereocenters. The Labute approximate surface area is 144 Å². The van der Waals surface area contributed by atoms with Crippen LogP contribution in [0.2, 0.25) is 0 Å². The fourth-order valence-corrected chi connectivity index (χ4v) is 5.10. The van der Waals surface area contributed by atoms with Crippen LogP contribution in [0.3, 0.4) is 0 Å². The van der Waals surface area contributed by atoms with E-state index in [1.165, 1.54) is 36.4 Å². The summed E-state index contributed by atoms with van der Waals surface area (Å²) >= 11 is 0. The molecule has 1 amide bonds. The quantitative estimate of drug-likeness (QED) is 0.888. The van der Waals surface area contributed by atoms with Crippen molar-refractivity contribution in [1.82, 2.24) is 9.62 Å². The summed E-state index contributed by atoms with van der Waals surface area (Å²) in [6, 6.07) is 6.31. The van der Waals surface area contributed by atoms with Crippen molar-refractivity contribution in [3.05, 3.63) is 29.8 Å². The minimum atomic E-state index is -3.41. The van der Waals surface area contributed by atoms with E-state index in [-0.39, 0.29) is 10.8 Å². The molecule has 1 heterocycles. The van der Waals surface area contributed by atoms with Crippen molar-refractivity contribution in [2.75, 3.05) is 19.6 Å². The zero-order valence-electron chi connectivity index (χ0n) is 14.0. The summed E-state index contributed by atoms with van der Waals surface area (Å²) < 4.78 is 26.5. The third-order valence-corrected chi connectivity index (χ3v) is 7.01. The van der Waals surface area contributed by atoms with E-state index >= 15 is 0 Å². The van der Waals surface area contributed by atoms with E-state index in [0.29, 0.717) is 31.1 Å². The number of sulfonamides is 1. The molecule has 2 fully saturated rings. The zero-order valence-corrected chi connectivity index (χ0v) is 14.9. The van der Waals surface area contributed by atoms with E-state index in [2.05, 4.69) is 5.32 Å². The standard InChI is InChI=1S/C18H26N2O3S/c21-18(19-14-15-6-2-1-3-7-15)16-8-10-17(11-9-16)24(22,23)20-12-4-5-13-20/h8-11,15H,1-7,12-14H2,(H,19,21). The average molecular weight is 350 g/mol. The molecule has 5 nitrogen and oxygen atoms in total. The number of nitrogens with zero attached hydrogens (tertiary/aromatic N) is 1. The lowest BCUT2D eigenvalue weighted by molar-refractivity contribution is 0.0943. The summed E-state index contributed by atoms with van der Waals surface area (Å²) in [5, 5.41) is 2.98. The summed E-state index contributed by atoms with van der Waals surface area (Å²) in [7, 11) is -3.41. The third kappa shape index (κ3) is 3.98. The number of benzene rings is 1. The summed E-state index contributed by atoms with van der Waals surface area (Å²) in [4.78, 5) is 12.5. The number of carbonyl (C=O) groups is 1. The first kappa shape index (κ1) is 17.4. The van der Waals surface area contributed by atoms with E-state index in [1.54, 1.807) is 24.3 Å². The van der Waals surface area contributed by atoms with Crippen molar-refractivity contribution in [2.45, 2.75) is 49.8 Å². The molecule has 0 radical (unpaired) electrons. The number of nitrogens with one attached hydrogen (secondary N) is 1. The molecule has 1 N–H and O–H groups in total. The van der Waals surface area contributed by atoms with Crippen LogP contribution in [-0.2, 0) is 10.0 Å². The molecule has 2 aliphatic rings. The van der Waals surface area contributed by atoms with Crippen molar-refractivity contribution >= 4 is 15.9 Å². The Bertz CT molecular complexity index is 658. The van der Waals surface area contributed by atoms with Crippen LogP contribution in [0.1, 0.15) is 55.3 Å². The Morgan fingerprint density at radius 3 is 2.25 bits per heavy atom. The first-order valence-corrected chi connectivity index (χ1v) is 10.4. The van der Waals surface area contributed by atoms with Gasteiger partial charge in [-0.25, -0.2) is 8.42 Å². The van der Waals surface area contributed by atoms with Crippen LogP contribution in [0, 0.1) is 5.92 Å². The Hall–Kier alpha value is -1.40. The normalized spacial score (nSPS) is 20.2. The second-order valence-corrected chi connectivity index (χ2v) is 8.79. The van der Waals surface area contributed by atoms with E-state index in [0.717, 1.165) is 12.8 Å². The first-order chi connectivity index (χ1) is 11.6. The molecule has 0 spiro atoms. The average Bonchev–Trinajstić information content (AvgIpc) is 3.16. The smallest absolute Gasteiger partial charge is 0.251 e. The van der Waals surface area contributed by atoms with Crippen LogP contribution in [-0.4, -0.2) is 38.3 Å². The molecule has 1 aliphatic carbocycles. The summed E-state index contributed by atoms with van der Waals surface area (Å²) in [6.07, 6.45) is 8.02. The monoisotopic (exact) mass is 350 g/mol. The van der Waals surface area contributed by atoms with Gasteiger partial charge in [0.15, 0.2) is 0 Å². The molecule has 0 bridgehead atoms. The van der Waals surface area contributed by atoms with E-state index < -0.39 is 10.0 Å². The predicted octanol–water partition coefficient (Wildman–Crippen LogP) is 2.78. The fourth-order valence-electron chi connectivity index (χ4n) is 3.59. The highest BCUT2D eigenvalue weighted by atomic mass is 32.2. The van der Waals surface area contributed by atoms with Crippen LogP contribution in [0.5, 0.6) is 0 Å². The van der Waals surface area contributed by atoms with E-state index in [9.17, 15) is 13.2 Å². The van der Waals surface area contributed by atoms with Crippen molar-refractivity contribution in [3.63, 3.8) is 0 Å². The summed E-state index contributed by atoms with van der Waals surface area (Å²) in [5.41, 5.74) is 0.520. The number of rotatable bonds is 5. The molecule has 1 aromatic rings. The number of carbonyl (C=O) groups excluding carboxylic acids is 1. The second-order valence-electron chi connectivity index (χ2n) is 6.85. The summed E-state index contributed by atoms with van der Waals surface area (Å²) in [6.45, 7) is 1.89. The molecule has 6 heteroatoms. The van der Waals surface area contributed by atoms with Gasteiger partial charge in [-0.05, 0) is 55.9 Å². The highest BCUT2D eigenvalue weighted by Crippen LogP contribution is 2.23. The van der Waals surface area contributed by atoms with Gasteiger partial charge in [0.05, 0.1) is 4.90 Å². The van der Waals surface area contributed by atoms with E-state index in [4.69, 9.17) is 0 Å². The molecular weight excluding hydrogens is 324 g/mol. The van der Waals surface area contributed by atoms with Crippen molar-refractivity contribution in [1.29, 1.82) is 0 Å². The van der Waals surface area contributed by atoms with Gasteiger partial charge in [-0.1, -0.05) is 19.3 Å². The molecule has 3 rings (SSSR count). The van der Waals surface area contributed by atoms with Crippen LogP contribution < -0.4 is 5.32 Å². The van der Waals surface area contributed by atoms with Gasteiger partial charge in [0.25, 0.3) is 5.91 Å². The lowest BCUT2D eigenvalue weighted by Gasteiger charge is -2.21. The zero-order chi connectivity index (χ0) is 17.0. The molecule has 1 aliphatic heterocycles. The number of hydrogen-bond acceptors (Lipinski definition) is 3. The van der Waals surface area contributed by atoms with Crippen molar-refractivity contribution < 1.29 is 13.2 Å². The van der Waals surface area contributed by atoms with Gasteiger partial charge >= 0.3 is 0 Å². The van der Waals surface area contributed by atoms with Gasteiger partial charge in [-0.15, -0.1) is 0 Å². The largest absolute Gasteiger partial charge is 0.352 e. The maximum Gasteiger partial charge on any atom is 0.251 e. The SMILES string of the molecule is O=C(NCC1CCCCC1)c1ccc(S(=O)(=O)N2CCCC2)cc1. The van der Waals surface area contributed by atoms with Crippen LogP contribution in [0.25, 0.3) is 0 Å². The topological polar surface area (TPSA) is 66.5 Å². The van der Waals surface area contributed by atoms with Gasteiger partial charge in [-0.3, -0.25) is 4.79 Å². The van der Waals surface area contributed by atoms with Crippen molar-refractivity contribution in [2.24, 2.45) is 5.92 Å². The first-order valence-electron chi connectivity index (χ1n) is 8.96. The molecule has 24 heavy (non-hydrogen) atoms.